The van der Waals surface area contributed by atoms with Gasteiger partial charge < -0.3 is 26.2 Å². The molecule has 0 aliphatic carbocycles. The van der Waals surface area contributed by atoms with Crippen LogP contribution in [0.25, 0.3) is 0 Å². The van der Waals surface area contributed by atoms with Gasteiger partial charge in [-0.15, -0.1) is 0 Å². The van der Waals surface area contributed by atoms with Gasteiger partial charge in [-0.2, -0.15) is 0 Å². The Morgan fingerprint density at radius 1 is 0.762 bits per heavy atom. The first-order valence-electron chi connectivity index (χ1n) is 14.1. The molecule has 10 heteroatoms. The average Bonchev–Trinajstić information content (AvgIpc) is 2.92. The maximum Gasteiger partial charge on any atom is 0.289 e. The molecule has 3 atom stereocenters. The van der Waals surface area contributed by atoms with Gasteiger partial charge in [-0.05, 0) is 55.6 Å². The lowest BCUT2D eigenvalue weighted by Gasteiger charge is -2.31. The Hall–Kier alpha value is -4.05. The summed E-state index contributed by atoms with van der Waals surface area (Å²) in [5.74, 6) is -3.54. The Bertz CT molecular complexity index is 1240. The molecular weight excluding hydrogens is 534 g/mol. The molecule has 0 bridgehead atoms. The Labute approximate surface area is 249 Å². The number of hydrogen-bond acceptors (Lipinski definition) is 6. The minimum Gasteiger partial charge on any atom is -0.345 e. The van der Waals surface area contributed by atoms with Crippen LogP contribution in [0.4, 0.5) is 0 Å². The van der Waals surface area contributed by atoms with E-state index in [4.69, 9.17) is 0 Å². The van der Waals surface area contributed by atoms with Crippen molar-refractivity contribution in [2.24, 2.45) is 11.3 Å². The maximum absolute atomic E-state index is 13.2. The molecule has 0 saturated heterocycles. The van der Waals surface area contributed by atoms with Gasteiger partial charge in [0.15, 0.2) is 0 Å². The van der Waals surface area contributed by atoms with Gasteiger partial charge in [0.25, 0.3) is 11.8 Å². The Morgan fingerprint density at radius 2 is 1.33 bits per heavy atom. The lowest BCUT2D eigenvalue weighted by Crippen LogP contribution is -2.59. The molecule has 0 aliphatic rings. The zero-order valence-corrected chi connectivity index (χ0v) is 25.9. The number of carbonyl (C=O) groups excluding carboxylic acids is 5. The molecule has 0 radical (unpaired) electrons. The number of benzene rings is 2. The minimum atomic E-state index is -1.09. The molecule has 0 heterocycles. The van der Waals surface area contributed by atoms with E-state index in [1.807, 2.05) is 38.4 Å². The van der Waals surface area contributed by atoms with Crippen LogP contribution in [0.15, 0.2) is 54.6 Å². The molecule has 0 fully saturated rings. The highest BCUT2D eigenvalue weighted by molar-refractivity contribution is 6.38. The summed E-state index contributed by atoms with van der Waals surface area (Å²) < 4.78 is 0. The quantitative estimate of drug-likeness (QED) is 0.269. The van der Waals surface area contributed by atoms with E-state index in [-0.39, 0.29) is 12.5 Å². The summed E-state index contributed by atoms with van der Waals surface area (Å²) in [6.07, 6.45) is 0. The van der Waals surface area contributed by atoms with Crippen LogP contribution in [0.2, 0.25) is 0 Å². The number of nitrogens with zero attached hydrogens (tertiary/aromatic N) is 1. The topological polar surface area (TPSA) is 137 Å². The van der Waals surface area contributed by atoms with E-state index < -0.39 is 53.0 Å². The first kappa shape index (κ1) is 34.2. The zero-order valence-electron chi connectivity index (χ0n) is 25.9. The van der Waals surface area contributed by atoms with Crippen molar-refractivity contribution in [2.45, 2.75) is 72.8 Å². The minimum absolute atomic E-state index is 0.168. The fraction of sp³-hybridized carbons (Fsp3) is 0.469. The standard InChI is InChI=1S/C32H45N5O5/c1-20(2)25(26(38)30(41)33-18-22-14-16-23(17-15-22)19-37(7)8)35-28(39)21(3)34-31(42)27(32(4,5)6)36-29(40)24-12-10-9-11-13-24/h9-17,20-21,25,27H,18-19H2,1-8H3,(H,33,41)(H,34,42)(H,35,39)(H,36,40)/t21-,25-,27+/m0/s1. The molecule has 4 amide bonds. The predicted octanol–water partition coefficient (Wildman–Crippen LogP) is 2.42. The summed E-state index contributed by atoms with van der Waals surface area (Å²) in [7, 11) is 3.96. The zero-order chi connectivity index (χ0) is 31.6. The Kier molecular flexibility index (Phi) is 12.4. The lowest BCUT2D eigenvalue weighted by molar-refractivity contribution is -0.141. The Balaban J connectivity index is 2.00. The predicted molar refractivity (Wildman–Crippen MR) is 162 cm³/mol. The van der Waals surface area contributed by atoms with Crippen molar-refractivity contribution in [3.8, 4) is 0 Å². The summed E-state index contributed by atoms with van der Waals surface area (Å²) in [4.78, 5) is 66.7. The first-order chi connectivity index (χ1) is 19.6. The molecule has 10 nitrogen and oxygen atoms in total. The van der Waals surface area contributed by atoms with Gasteiger partial charge in [0, 0.05) is 18.7 Å². The number of rotatable bonds is 13. The molecular formula is C32H45N5O5. The van der Waals surface area contributed by atoms with Crippen molar-refractivity contribution in [1.29, 1.82) is 0 Å². The second-order valence-electron chi connectivity index (χ2n) is 12.2. The third-order valence-electron chi connectivity index (χ3n) is 6.64. The number of hydrogen-bond donors (Lipinski definition) is 4. The molecule has 2 rings (SSSR count). The van der Waals surface area contributed by atoms with Gasteiger partial charge in [0.2, 0.25) is 17.6 Å². The monoisotopic (exact) mass is 579 g/mol. The van der Waals surface area contributed by atoms with Crippen molar-refractivity contribution in [3.05, 3.63) is 71.3 Å². The van der Waals surface area contributed by atoms with E-state index in [0.29, 0.717) is 5.56 Å². The summed E-state index contributed by atoms with van der Waals surface area (Å²) in [6.45, 7) is 11.3. The fourth-order valence-electron chi connectivity index (χ4n) is 4.19. The van der Waals surface area contributed by atoms with Crippen LogP contribution in [0.3, 0.4) is 0 Å². The van der Waals surface area contributed by atoms with Gasteiger partial charge in [0.05, 0.1) is 6.04 Å². The fourth-order valence-corrected chi connectivity index (χ4v) is 4.19. The van der Waals surface area contributed by atoms with Crippen molar-refractivity contribution in [1.82, 2.24) is 26.2 Å². The van der Waals surface area contributed by atoms with Crippen molar-refractivity contribution >= 4 is 29.4 Å². The van der Waals surface area contributed by atoms with Gasteiger partial charge >= 0.3 is 0 Å². The van der Waals surface area contributed by atoms with E-state index in [1.54, 1.807) is 65.0 Å². The second kappa shape index (κ2) is 15.3. The van der Waals surface area contributed by atoms with Gasteiger partial charge in [-0.1, -0.05) is 77.1 Å². The van der Waals surface area contributed by atoms with Crippen LogP contribution in [0, 0.1) is 11.3 Å². The van der Waals surface area contributed by atoms with Crippen LogP contribution in [0.5, 0.6) is 0 Å². The summed E-state index contributed by atoms with van der Waals surface area (Å²) in [5, 5.41) is 10.6. The van der Waals surface area contributed by atoms with Crippen LogP contribution in [-0.2, 0) is 32.3 Å². The van der Waals surface area contributed by atoms with Crippen LogP contribution >= 0.6 is 0 Å². The van der Waals surface area contributed by atoms with Crippen LogP contribution in [-0.4, -0.2) is 66.5 Å². The molecule has 0 aliphatic heterocycles. The molecule has 2 aromatic rings. The molecule has 0 aromatic heterocycles. The van der Waals surface area contributed by atoms with Crippen LogP contribution < -0.4 is 21.3 Å². The van der Waals surface area contributed by atoms with Gasteiger partial charge in [0.1, 0.15) is 12.1 Å². The molecule has 4 N–H and O–H groups in total. The third kappa shape index (κ3) is 10.4. The van der Waals surface area contributed by atoms with E-state index in [1.165, 1.54) is 6.92 Å². The molecule has 0 saturated carbocycles. The van der Waals surface area contributed by atoms with Crippen molar-refractivity contribution in [2.75, 3.05) is 14.1 Å². The highest BCUT2D eigenvalue weighted by Gasteiger charge is 2.35. The summed E-state index contributed by atoms with van der Waals surface area (Å²) in [5.41, 5.74) is 1.71. The van der Waals surface area contributed by atoms with Gasteiger partial charge in [-0.25, -0.2) is 0 Å². The van der Waals surface area contributed by atoms with E-state index in [2.05, 4.69) is 26.2 Å². The van der Waals surface area contributed by atoms with Crippen molar-refractivity contribution in [3.63, 3.8) is 0 Å². The van der Waals surface area contributed by atoms with Gasteiger partial charge in [-0.3, -0.25) is 24.0 Å². The average molecular weight is 580 g/mol. The highest BCUT2D eigenvalue weighted by Crippen LogP contribution is 2.20. The molecule has 0 unspecified atom stereocenters. The SMILES string of the molecule is CC(C)[C@H](NC(=O)[C@H](C)NC(=O)[C@@H](NC(=O)c1ccccc1)C(C)(C)C)C(=O)C(=O)NCc1ccc(CN(C)C)cc1. The summed E-state index contributed by atoms with van der Waals surface area (Å²) in [6, 6.07) is 13.2. The first-order valence-corrected chi connectivity index (χ1v) is 14.1. The Morgan fingerprint density at radius 3 is 1.86 bits per heavy atom. The van der Waals surface area contributed by atoms with E-state index in [9.17, 15) is 24.0 Å². The second-order valence-corrected chi connectivity index (χ2v) is 12.2. The summed E-state index contributed by atoms with van der Waals surface area (Å²) >= 11 is 0. The van der Waals surface area contributed by atoms with Crippen molar-refractivity contribution < 1.29 is 24.0 Å². The maximum atomic E-state index is 13.2. The van der Waals surface area contributed by atoms with E-state index in [0.717, 1.165) is 17.7 Å². The largest absolute Gasteiger partial charge is 0.345 e. The number of ketones is 1. The number of Topliss-reactive ketones (excluding diaryl/α,β-unsaturated/α-hetero) is 1. The highest BCUT2D eigenvalue weighted by atomic mass is 16.2. The van der Waals surface area contributed by atoms with Crippen LogP contribution in [0.1, 0.15) is 63.0 Å². The lowest BCUT2D eigenvalue weighted by atomic mass is 9.85. The van der Waals surface area contributed by atoms with E-state index >= 15 is 0 Å². The molecule has 0 spiro atoms. The normalized spacial score (nSPS) is 13.6. The third-order valence-corrected chi connectivity index (χ3v) is 6.64. The molecule has 2 aromatic carbocycles. The number of amides is 4. The number of nitrogens with one attached hydrogen (secondary N) is 4. The number of carbonyl (C=O) groups is 5. The molecule has 42 heavy (non-hydrogen) atoms. The molecule has 228 valence electrons. The smallest absolute Gasteiger partial charge is 0.289 e.